The first-order chi connectivity index (χ1) is 8.46. The summed E-state index contributed by atoms with van der Waals surface area (Å²) >= 11 is 1.34. The van der Waals surface area contributed by atoms with Gasteiger partial charge in [0, 0.05) is 24.8 Å². The molecule has 1 unspecified atom stereocenters. The Morgan fingerprint density at radius 3 is 3.00 bits per heavy atom. The average Bonchev–Trinajstić information content (AvgIpc) is 2.67. The molecule has 0 saturated heterocycles. The lowest BCUT2D eigenvalue weighted by molar-refractivity contribution is 0.00595. The van der Waals surface area contributed by atoms with Gasteiger partial charge in [0.15, 0.2) is 0 Å². The minimum atomic E-state index is -2.53. The van der Waals surface area contributed by atoms with Gasteiger partial charge in [-0.2, -0.15) is 0 Å². The van der Waals surface area contributed by atoms with Crippen molar-refractivity contribution in [2.24, 2.45) is 5.92 Å². The van der Waals surface area contributed by atoms with Gasteiger partial charge in [-0.15, -0.1) is 11.8 Å². The van der Waals surface area contributed by atoms with Gasteiger partial charge in [-0.25, -0.2) is 18.6 Å². The number of carboxylic acids is 1. The highest BCUT2D eigenvalue weighted by atomic mass is 32.2. The van der Waals surface area contributed by atoms with Gasteiger partial charge in [0.05, 0.1) is 10.6 Å². The fraction of sp³-hybridized carbons (Fsp3) is 0.500. The van der Waals surface area contributed by atoms with Crippen molar-refractivity contribution in [3.63, 3.8) is 0 Å². The summed E-state index contributed by atoms with van der Waals surface area (Å²) in [4.78, 5) is 14.8. The van der Waals surface area contributed by atoms with Crippen molar-refractivity contribution >= 4 is 17.7 Å². The Labute approximate surface area is 108 Å². The highest BCUT2D eigenvalue weighted by molar-refractivity contribution is 7.99. The third-order valence-electron chi connectivity index (χ3n) is 2.95. The first-order valence-corrected chi connectivity index (χ1v) is 6.65. The maximum atomic E-state index is 13.0. The van der Waals surface area contributed by atoms with E-state index in [0.29, 0.717) is 17.2 Å². The molecule has 0 spiro atoms. The molecular formula is C12H13F2NO2S. The van der Waals surface area contributed by atoms with E-state index in [-0.39, 0.29) is 24.3 Å². The molecule has 0 radical (unpaired) electrons. The molecule has 1 aromatic heterocycles. The maximum Gasteiger partial charge on any atom is 0.335 e. The van der Waals surface area contributed by atoms with Crippen molar-refractivity contribution in [1.82, 2.24) is 4.98 Å². The number of alkyl halides is 2. The molecule has 18 heavy (non-hydrogen) atoms. The number of hydrogen-bond donors (Lipinski definition) is 1. The molecule has 98 valence electrons. The van der Waals surface area contributed by atoms with E-state index in [0.717, 1.165) is 0 Å². The lowest BCUT2D eigenvalue weighted by atomic mass is 10.1. The van der Waals surface area contributed by atoms with Gasteiger partial charge in [0.25, 0.3) is 0 Å². The second kappa shape index (κ2) is 5.22. The van der Waals surface area contributed by atoms with Crippen LogP contribution in [0.5, 0.6) is 0 Å². The molecule has 1 saturated carbocycles. The Balaban J connectivity index is 1.91. The van der Waals surface area contributed by atoms with Crippen LogP contribution in [0, 0.1) is 5.92 Å². The van der Waals surface area contributed by atoms with E-state index in [1.807, 2.05) is 0 Å². The largest absolute Gasteiger partial charge is 0.478 e. The molecule has 0 aliphatic heterocycles. The molecule has 1 heterocycles. The maximum absolute atomic E-state index is 13.0. The van der Waals surface area contributed by atoms with E-state index in [4.69, 9.17) is 5.11 Å². The molecule has 1 aliphatic carbocycles. The van der Waals surface area contributed by atoms with Gasteiger partial charge < -0.3 is 5.11 Å². The Hall–Kier alpha value is -1.17. The SMILES string of the molecule is O=C(O)c1ccnc(SCC2CCC(F)(F)C2)c1. The van der Waals surface area contributed by atoms with Crippen LogP contribution in [0.2, 0.25) is 0 Å². The highest BCUT2D eigenvalue weighted by Crippen LogP contribution is 2.40. The number of aromatic nitrogens is 1. The monoisotopic (exact) mass is 273 g/mol. The topological polar surface area (TPSA) is 50.2 Å². The minimum Gasteiger partial charge on any atom is -0.478 e. The van der Waals surface area contributed by atoms with Crippen LogP contribution in [0.1, 0.15) is 29.6 Å². The standard InChI is InChI=1S/C12H13F2NO2S/c13-12(14)3-1-8(6-12)7-18-10-5-9(11(16)17)2-4-15-10/h2,4-5,8H,1,3,6-7H2,(H,16,17). The molecule has 6 heteroatoms. The Bertz CT molecular complexity index is 453. The summed E-state index contributed by atoms with van der Waals surface area (Å²) < 4.78 is 26.0. The Morgan fingerprint density at radius 1 is 1.61 bits per heavy atom. The number of rotatable bonds is 4. The molecule has 1 aromatic rings. The predicted molar refractivity (Wildman–Crippen MR) is 64.2 cm³/mol. The number of nitrogens with zero attached hydrogens (tertiary/aromatic N) is 1. The fourth-order valence-electron chi connectivity index (χ4n) is 2.01. The number of carboxylic acid groups (broad SMARTS) is 1. The van der Waals surface area contributed by atoms with E-state index in [9.17, 15) is 13.6 Å². The van der Waals surface area contributed by atoms with Gasteiger partial charge in [-0.05, 0) is 24.5 Å². The van der Waals surface area contributed by atoms with Gasteiger partial charge in [-0.1, -0.05) is 0 Å². The van der Waals surface area contributed by atoms with Gasteiger partial charge in [0.2, 0.25) is 5.92 Å². The van der Waals surface area contributed by atoms with E-state index in [2.05, 4.69) is 4.98 Å². The second-order valence-electron chi connectivity index (χ2n) is 4.46. The number of thioether (sulfide) groups is 1. The summed E-state index contributed by atoms with van der Waals surface area (Å²) in [6.07, 6.45) is 1.84. The zero-order valence-electron chi connectivity index (χ0n) is 9.60. The average molecular weight is 273 g/mol. The first-order valence-electron chi connectivity index (χ1n) is 5.66. The number of aromatic carboxylic acids is 1. The van der Waals surface area contributed by atoms with Crippen molar-refractivity contribution in [1.29, 1.82) is 0 Å². The summed E-state index contributed by atoms with van der Waals surface area (Å²) in [5.41, 5.74) is 0.171. The summed E-state index contributed by atoms with van der Waals surface area (Å²) in [6.45, 7) is 0. The van der Waals surface area contributed by atoms with Crippen LogP contribution >= 0.6 is 11.8 Å². The van der Waals surface area contributed by atoms with Gasteiger partial charge in [-0.3, -0.25) is 0 Å². The summed E-state index contributed by atoms with van der Waals surface area (Å²) in [7, 11) is 0. The van der Waals surface area contributed by atoms with E-state index >= 15 is 0 Å². The molecule has 0 amide bonds. The number of carbonyl (C=O) groups is 1. The fourth-order valence-corrected chi connectivity index (χ4v) is 3.05. The lowest BCUT2D eigenvalue weighted by Gasteiger charge is -2.09. The minimum absolute atomic E-state index is 0.0136. The van der Waals surface area contributed by atoms with Crippen LogP contribution in [0.3, 0.4) is 0 Å². The quantitative estimate of drug-likeness (QED) is 0.855. The van der Waals surface area contributed by atoms with Crippen LogP contribution in [0.25, 0.3) is 0 Å². The third kappa shape index (κ3) is 3.41. The van der Waals surface area contributed by atoms with Crippen molar-refractivity contribution in [2.75, 3.05) is 5.75 Å². The lowest BCUT2D eigenvalue weighted by Crippen LogP contribution is -2.10. The number of hydrogen-bond acceptors (Lipinski definition) is 3. The van der Waals surface area contributed by atoms with Crippen molar-refractivity contribution in [3.8, 4) is 0 Å². The molecule has 1 N–H and O–H groups in total. The van der Waals surface area contributed by atoms with Crippen LogP contribution < -0.4 is 0 Å². The molecular weight excluding hydrogens is 260 g/mol. The zero-order valence-corrected chi connectivity index (χ0v) is 10.4. The summed E-state index contributed by atoms with van der Waals surface area (Å²) in [5, 5.41) is 9.40. The highest BCUT2D eigenvalue weighted by Gasteiger charge is 2.39. The van der Waals surface area contributed by atoms with Gasteiger partial charge in [0.1, 0.15) is 0 Å². The zero-order chi connectivity index (χ0) is 13.2. The summed E-state index contributed by atoms with van der Waals surface area (Å²) in [5.74, 6) is -2.99. The van der Waals surface area contributed by atoms with Crippen LogP contribution in [0.15, 0.2) is 23.4 Å². The molecule has 1 atom stereocenters. The predicted octanol–water partition coefficient (Wildman–Crippen LogP) is 3.31. The number of pyridine rings is 1. The molecule has 1 aliphatic rings. The molecule has 2 rings (SSSR count). The van der Waals surface area contributed by atoms with Crippen molar-refractivity contribution in [2.45, 2.75) is 30.2 Å². The Morgan fingerprint density at radius 2 is 2.39 bits per heavy atom. The van der Waals surface area contributed by atoms with Crippen molar-refractivity contribution in [3.05, 3.63) is 23.9 Å². The molecule has 1 fully saturated rings. The van der Waals surface area contributed by atoms with Crippen LogP contribution in [0.4, 0.5) is 8.78 Å². The van der Waals surface area contributed by atoms with E-state index in [1.165, 1.54) is 30.1 Å². The number of halogens is 2. The second-order valence-corrected chi connectivity index (χ2v) is 5.50. The van der Waals surface area contributed by atoms with Crippen LogP contribution in [-0.4, -0.2) is 27.7 Å². The first kappa shape index (κ1) is 13.3. The van der Waals surface area contributed by atoms with Crippen molar-refractivity contribution < 1.29 is 18.7 Å². The van der Waals surface area contributed by atoms with Crippen LogP contribution in [-0.2, 0) is 0 Å². The smallest absolute Gasteiger partial charge is 0.335 e. The van der Waals surface area contributed by atoms with Gasteiger partial charge >= 0.3 is 5.97 Å². The third-order valence-corrected chi connectivity index (χ3v) is 4.11. The molecule has 3 nitrogen and oxygen atoms in total. The normalized spacial score (nSPS) is 22.0. The molecule has 0 aromatic carbocycles. The molecule has 0 bridgehead atoms. The van der Waals surface area contributed by atoms with E-state index in [1.54, 1.807) is 0 Å². The summed E-state index contributed by atoms with van der Waals surface area (Å²) in [6, 6.07) is 2.89. The Kier molecular flexibility index (Phi) is 3.85. The van der Waals surface area contributed by atoms with E-state index < -0.39 is 11.9 Å².